The van der Waals surface area contributed by atoms with Crippen LogP contribution >= 0.6 is 0 Å². The molecular weight excluding hydrogens is 505 g/mol. The lowest BCUT2D eigenvalue weighted by molar-refractivity contribution is -0.240. The van der Waals surface area contributed by atoms with E-state index in [2.05, 4.69) is 27.4 Å². The van der Waals surface area contributed by atoms with Crippen molar-refractivity contribution in [2.24, 2.45) is 62.6 Å². The number of alkyl halides is 3. The second-order valence-electron chi connectivity index (χ2n) is 15.4. The molecular formula is C32H45F3O4. The molecule has 1 unspecified atom stereocenters. The summed E-state index contributed by atoms with van der Waals surface area (Å²) >= 11 is 0. The molecule has 5 saturated carbocycles. The van der Waals surface area contributed by atoms with E-state index in [1.165, 1.54) is 0 Å². The number of Topliss-reactive ketones (excluding diaryl/α,β-unsaturated/α-hetero) is 2. The summed E-state index contributed by atoms with van der Waals surface area (Å²) in [6, 6.07) is 0. The molecule has 0 aliphatic heterocycles. The van der Waals surface area contributed by atoms with Crippen molar-refractivity contribution in [2.45, 2.75) is 106 Å². The molecule has 0 bridgehead atoms. The van der Waals surface area contributed by atoms with E-state index in [0.29, 0.717) is 12.8 Å². The second kappa shape index (κ2) is 8.44. The number of rotatable bonds is 3. The molecule has 0 saturated heterocycles. The number of hydrogen-bond donors (Lipinski definition) is 1. The summed E-state index contributed by atoms with van der Waals surface area (Å²) in [7, 11) is 0. The van der Waals surface area contributed by atoms with Gasteiger partial charge in [0.15, 0.2) is 0 Å². The largest absolute Gasteiger partial charge is 0.481 e. The number of aliphatic carboxylic acids is 1. The van der Waals surface area contributed by atoms with Crippen LogP contribution in [0.3, 0.4) is 0 Å². The third kappa shape index (κ3) is 3.52. The smallest absolute Gasteiger partial charge is 0.450 e. The van der Waals surface area contributed by atoms with Crippen LogP contribution < -0.4 is 0 Å². The second-order valence-corrected chi connectivity index (χ2v) is 15.4. The maximum absolute atomic E-state index is 13.7. The minimum Gasteiger partial charge on any atom is -0.481 e. The number of carboxylic acid groups (broad SMARTS) is 1. The summed E-state index contributed by atoms with van der Waals surface area (Å²) in [6.07, 6.45) is 1.05. The standard InChI is InChI=1S/C32H45F3O4/c1-17(2)18-10-13-31(26(38)39)15-14-29(6)20(23(18)31)8-9-22-28(5)16-19(25(37)32(33,34)35)24(36)27(3,4)21(28)11-12-30(22,29)7/h18-23H,1,8-16H2,2-7H3,(H,38,39)/t18-,19?,20+,21-,22+,23+,28-,29+,30+,31-/m0/s1. The lowest BCUT2D eigenvalue weighted by Crippen LogP contribution is -2.68. The van der Waals surface area contributed by atoms with Crippen LogP contribution in [0.1, 0.15) is 99.3 Å². The molecule has 0 spiro atoms. The number of ketones is 2. The number of carboxylic acids is 1. The van der Waals surface area contributed by atoms with E-state index in [4.69, 9.17) is 0 Å². The quantitative estimate of drug-likeness (QED) is 0.289. The molecule has 10 atom stereocenters. The van der Waals surface area contributed by atoms with Crippen LogP contribution in [0.4, 0.5) is 13.2 Å². The molecule has 5 rings (SSSR count). The van der Waals surface area contributed by atoms with Gasteiger partial charge in [-0.2, -0.15) is 13.2 Å². The van der Waals surface area contributed by atoms with Gasteiger partial charge in [-0.15, -0.1) is 0 Å². The third-order valence-electron chi connectivity index (χ3n) is 13.8. The highest BCUT2D eigenvalue weighted by Crippen LogP contribution is 2.77. The molecule has 0 heterocycles. The maximum Gasteiger partial charge on any atom is 0.450 e. The average Bonchev–Trinajstić information content (AvgIpc) is 3.22. The Bertz CT molecular complexity index is 1120. The van der Waals surface area contributed by atoms with Crippen molar-refractivity contribution in [3.8, 4) is 0 Å². The number of carbonyl (C=O) groups excluding carboxylic acids is 2. The lowest BCUT2D eigenvalue weighted by Gasteiger charge is -2.72. The highest BCUT2D eigenvalue weighted by Gasteiger charge is 2.73. The van der Waals surface area contributed by atoms with Gasteiger partial charge in [-0.3, -0.25) is 14.4 Å². The topological polar surface area (TPSA) is 71.4 Å². The fourth-order valence-electron chi connectivity index (χ4n) is 11.9. The maximum atomic E-state index is 13.7. The van der Waals surface area contributed by atoms with Crippen LogP contribution in [0.15, 0.2) is 12.2 Å². The number of fused-ring (bicyclic) bond motifs is 7. The summed E-state index contributed by atoms with van der Waals surface area (Å²) in [4.78, 5) is 38.8. The molecule has 5 aliphatic rings. The molecule has 39 heavy (non-hydrogen) atoms. The van der Waals surface area contributed by atoms with Gasteiger partial charge in [-0.05, 0) is 111 Å². The van der Waals surface area contributed by atoms with Crippen LogP contribution in [0, 0.1) is 62.6 Å². The summed E-state index contributed by atoms with van der Waals surface area (Å²) in [5.41, 5.74) is -1.69. The minimum atomic E-state index is -5.04. The van der Waals surface area contributed by atoms with Gasteiger partial charge in [0.05, 0.1) is 11.3 Å². The minimum absolute atomic E-state index is 0.0125. The van der Waals surface area contributed by atoms with Gasteiger partial charge in [0.2, 0.25) is 5.78 Å². The van der Waals surface area contributed by atoms with E-state index >= 15 is 0 Å². The molecule has 0 aromatic carbocycles. The van der Waals surface area contributed by atoms with E-state index in [1.54, 1.807) is 13.8 Å². The van der Waals surface area contributed by atoms with Gasteiger partial charge in [-0.1, -0.05) is 46.8 Å². The van der Waals surface area contributed by atoms with Crippen LogP contribution in [0.5, 0.6) is 0 Å². The monoisotopic (exact) mass is 550 g/mol. The summed E-state index contributed by atoms with van der Waals surface area (Å²) in [5, 5.41) is 10.5. The van der Waals surface area contributed by atoms with Gasteiger partial charge in [0.1, 0.15) is 5.78 Å². The first kappa shape index (κ1) is 28.9. The van der Waals surface area contributed by atoms with Crippen molar-refractivity contribution in [2.75, 3.05) is 0 Å². The molecule has 4 nitrogen and oxygen atoms in total. The van der Waals surface area contributed by atoms with Crippen molar-refractivity contribution in [3.63, 3.8) is 0 Å². The van der Waals surface area contributed by atoms with E-state index < -0.39 is 45.9 Å². The lowest BCUT2D eigenvalue weighted by atomic mass is 9.32. The first-order valence-corrected chi connectivity index (χ1v) is 14.8. The third-order valence-corrected chi connectivity index (χ3v) is 13.8. The van der Waals surface area contributed by atoms with Gasteiger partial charge in [-0.25, -0.2) is 0 Å². The number of allylic oxidation sites excluding steroid dienone is 1. The molecule has 5 fully saturated rings. The zero-order chi connectivity index (χ0) is 29.1. The Kier molecular flexibility index (Phi) is 6.24. The van der Waals surface area contributed by atoms with Crippen molar-refractivity contribution >= 4 is 17.5 Å². The molecule has 218 valence electrons. The van der Waals surface area contributed by atoms with Crippen LogP contribution in [0.2, 0.25) is 0 Å². The summed E-state index contributed by atoms with van der Waals surface area (Å²) in [6.45, 7) is 16.5. The van der Waals surface area contributed by atoms with Crippen LogP contribution in [-0.4, -0.2) is 28.8 Å². The number of carbonyl (C=O) groups is 3. The molecule has 7 heteroatoms. The Labute approximate surface area is 230 Å². The summed E-state index contributed by atoms with van der Waals surface area (Å²) in [5.74, 6) is -4.46. The van der Waals surface area contributed by atoms with Crippen molar-refractivity contribution in [1.29, 1.82) is 0 Å². The summed E-state index contributed by atoms with van der Waals surface area (Å²) < 4.78 is 41.0. The van der Waals surface area contributed by atoms with E-state index in [0.717, 1.165) is 44.1 Å². The molecule has 5 aliphatic carbocycles. The predicted molar refractivity (Wildman–Crippen MR) is 142 cm³/mol. The Balaban J connectivity index is 1.58. The first-order valence-electron chi connectivity index (χ1n) is 14.8. The van der Waals surface area contributed by atoms with Crippen molar-refractivity contribution in [3.05, 3.63) is 12.2 Å². The van der Waals surface area contributed by atoms with Crippen LogP contribution in [0.25, 0.3) is 0 Å². The van der Waals surface area contributed by atoms with Crippen molar-refractivity contribution in [1.82, 2.24) is 0 Å². The van der Waals surface area contributed by atoms with E-state index in [9.17, 15) is 32.7 Å². The first-order chi connectivity index (χ1) is 17.8. The zero-order valence-electron chi connectivity index (χ0n) is 24.3. The molecule has 0 aromatic rings. The van der Waals surface area contributed by atoms with Gasteiger partial charge in [0.25, 0.3) is 0 Å². The Morgan fingerprint density at radius 3 is 2.10 bits per heavy atom. The molecule has 0 amide bonds. The average molecular weight is 551 g/mol. The molecule has 0 aromatic heterocycles. The fraction of sp³-hybridized carbons (Fsp3) is 0.844. The van der Waals surface area contributed by atoms with Gasteiger partial charge >= 0.3 is 12.1 Å². The molecule has 0 radical (unpaired) electrons. The fourth-order valence-corrected chi connectivity index (χ4v) is 11.9. The highest BCUT2D eigenvalue weighted by molar-refractivity contribution is 6.07. The Morgan fingerprint density at radius 1 is 0.897 bits per heavy atom. The normalized spacial score (nSPS) is 48.8. The Morgan fingerprint density at radius 2 is 1.54 bits per heavy atom. The Hall–Kier alpha value is -1.66. The van der Waals surface area contributed by atoms with Gasteiger partial charge in [0, 0.05) is 5.41 Å². The SMILES string of the molecule is C=C(C)[C@@H]1CC[C@]2(C(=O)O)CC[C@]3(C)[C@H](CC[C@@H]4[C@@]5(C)CC(C(=O)C(F)(F)F)C(=O)C(C)(C)[C@@H]5CC[C@]43C)[C@@H]12. The zero-order valence-corrected chi connectivity index (χ0v) is 24.3. The van der Waals surface area contributed by atoms with Gasteiger partial charge < -0.3 is 5.11 Å². The van der Waals surface area contributed by atoms with Crippen molar-refractivity contribution < 1.29 is 32.7 Å². The highest BCUT2D eigenvalue weighted by atomic mass is 19.4. The predicted octanol–water partition coefficient (Wildman–Crippen LogP) is 7.66. The number of hydrogen-bond acceptors (Lipinski definition) is 3. The molecule has 1 N–H and O–H groups in total. The van der Waals surface area contributed by atoms with Crippen LogP contribution in [-0.2, 0) is 14.4 Å². The number of halogens is 3. The van der Waals surface area contributed by atoms with E-state index in [-0.39, 0.29) is 46.8 Å². The van der Waals surface area contributed by atoms with E-state index in [1.807, 2.05) is 6.92 Å².